The highest BCUT2D eigenvalue weighted by atomic mass is 16.5. The maximum atomic E-state index is 12.5. The van der Waals surface area contributed by atoms with Gasteiger partial charge in [0.05, 0.1) is 24.5 Å². The zero-order valence-electron chi connectivity index (χ0n) is 18.8. The topological polar surface area (TPSA) is 78.1 Å². The molecule has 0 saturated heterocycles. The summed E-state index contributed by atoms with van der Waals surface area (Å²) in [5.41, 5.74) is 1.34. The molecule has 1 amide bonds. The Hall–Kier alpha value is -3.71. The van der Waals surface area contributed by atoms with E-state index in [0.29, 0.717) is 50.2 Å². The van der Waals surface area contributed by atoms with Crippen LogP contribution in [0.4, 0.5) is 11.4 Å². The lowest BCUT2D eigenvalue weighted by molar-refractivity contribution is -0.114. The molecular formula is C26H30N2O5. The molecule has 3 aromatic rings. The minimum atomic E-state index is -0.198. The highest BCUT2D eigenvalue weighted by molar-refractivity contribution is 5.95. The van der Waals surface area contributed by atoms with Crippen LogP contribution in [0.5, 0.6) is 17.2 Å². The quantitative estimate of drug-likeness (QED) is 0.349. The third kappa shape index (κ3) is 8.38. The standard InChI is InChI=1S/C26H30N2O5/c1-2-30-16-17-32-24-14-8-6-12-22(24)27-20-26(29)28-23-13-7-9-15-25(23)33-19-18-31-21-10-4-3-5-11-21/h3-15,27H,2,16-20H2,1H3,(H,28,29). The fraction of sp³-hybridized carbons (Fsp3) is 0.269. The molecule has 0 radical (unpaired) electrons. The van der Waals surface area contributed by atoms with Gasteiger partial charge in [0.1, 0.15) is 37.1 Å². The number of hydrogen-bond donors (Lipinski definition) is 2. The van der Waals surface area contributed by atoms with Crippen molar-refractivity contribution < 1.29 is 23.7 Å². The molecule has 0 saturated carbocycles. The van der Waals surface area contributed by atoms with E-state index in [4.69, 9.17) is 18.9 Å². The third-order valence-corrected chi connectivity index (χ3v) is 4.53. The molecule has 33 heavy (non-hydrogen) atoms. The molecule has 0 bridgehead atoms. The van der Waals surface area contributed by atoms with Crippen molar-refractivity contribution >= 4 is 17.3 Å². The van der Waals surface area contributed by atoms with Gasteiger partial charge in [0.2, 0.25) is 5.91 Å². The average Bonchev–Trinajstić information content (AvgIpc) is 2.85. The van der Waals surface area contributed by atoms with Gasteiger partial charge >= 0.3 is 0 Å². The molecule has 174 valence electrons. The number of rotatable bonds is 14. The van der Waals surface area contributed by atoms with Crippen LogP contribution in [0.15, 0.2) is 78.9 Å². The molecule has 3 aromatic carbocycles. The van der Waals surface area contributed by atoms with E-state index in [1.54, 1.807) is 6.07 Å². The molecule has 0 aliphatic carbocycles. The summed E-state index contributed by atoms with van der Waals surface area (Å²) in [5.74, 6) is 1.85. The molecule has 0 atom stereocenters. The molecule has 2 N–H and O–H groups in total. The van der Waals surface area contributed by atoms with Crippen LogP contribution in [-0.4, -0.2) is 45.5 Å². The first-order valence-corrected chi connectivity index (χ1v) is 11.0. The lowest BCUT2D eigenvalue weighted by Gasteiger charge is -2.15. The largest absolute Gasteiger partial charge is 0.490 e. The maximum Gasteiger partial charge on any atom is 0.243 e. The second-order valence-electron chi connectivity index (χ2n) is 6.95. The predicted octanol–water partition coefficient (Wildman–Crippen LogP) is 4.61. The van der Waals surface area contributed by atoms with Crippen LogP contribution in [0.3, 0.4) is 0 Å². The number of para-hydroxylation sites is 5. The predicted molar refractivity (Wildman–Crippen MR) is 129 cm³/mol. The Balaban J connectivity index is 1.47. The molecule has 0 aliphatic rings. The minimum Gasteiger partial charge on any atom is -0.490 e. The van der Waals surface area contributed by atoms with Gasteiger partial charge in [0, 0.05) is 6.61 Å². The highest BCUT2D eigenvalue weighted by Gasteiger charge is 2.09. The Kier molecular flexibility index (Phi) is 9.90. The van der Waals surface area contributed by atoms with Crippen LogP contribution in [0.25, 0.3) is 0 Å². The molecule has 0 unspecified atom stereocenters. The summed E-state index contributed by atoms with van der Waals surface area (Å²) in [6.07, 6.45) is 0. The molecule has 0 aliphatic heterocycles. The second-order valence-corrected chi connectivity index (χ2v) is 6.95. The van der Waals surface area contributed by atoms with Gasteiger partial charge in [-0.2, -0.15) is 0 Å². The van der Waals surface area contributed by atoms with E-state index in [2.05, 4.69) is 10.6 Å². The summed E-state index contributed by atoms with van der Waals surface area (Å²) in [4.78, 5) is 12.5. The number of benzene rings is 3. The van der Waals surface area contributed by atoms with Crippen molar-refractivity contribution in [2.45, 2.75) is 6.92 Å². The van der Waals surface area contributed by atoms with Crippen molar-refractivity contribution in [2.75, 3.05) is 50.2 Å². The summed E-state index contributed by atoms with van der Waals surface area (Å²) >= 11 is 0. The van der Waals surface area contributed by atoms with Crippen molar-refractivity contribution in [1.82, 2.24) is 0 Å². The third-order valence-electron chi connectivity index (χ3n) is 4.53. The molecule has 7 nitrogen and oxygen atoms in total. The Bertz CT molecular complexity index is 981. The number of anilines is 2. The summed E-state index contributed by atoms with van der Waals surface area (Å²) in [6.45, 7) is 4.37. The van der Waals surface area contributed by atoms with Crippen molar-refractivity contribution in [3.05, 3.63) is 78.9 Å². The van der Waals surface area contributed by atoms with E-state index in [1.165, 1.54) is 0 Å². The van der Waals surface area contributed by atoms with Crippen molar-refractivity contribution in [2.24, 2.45) is 0 Å². The van der Waals surface area contributed by atoms with Gasteiger partial charge in [0.15, 0.2) is 0 Å². The summed E-state index contributed by atoms with van der Waals surface area (Å²) in [7, 11) is 0. The minimum absolute atomic E-state index is 0.0806. The van der Waals surface area contributed by atoms with Gasteiger partial charge in [-0.15, -0.1) is 0 Å². The Morgan fingerprint density at radius 3 is 2.00 bits per heavy atom. The zero-order valence-corrected chi connectivity index (χ0v) is 18.8. The molecular weight excluding hydrogens is 420 g/mol. The van der Waals surface area contributed by atoms with Gasteiger partial charge in [-0.25, -0.2) is 0 Å². The molecule has 0 aromatic heterocycles. The number of carbonyl (C=O) groups excluding carboxylic acids is 1. The molecule has 0 fully saturated rings. The maximum absolute atomic E-state index is 12.5. The SMILES string of the molecule is CCOCCOc1ccccc1NCC(=O)Nc1ccccc1OCCOc1ccccc1. The van der Waals surface area contributed by atoms with Gasteiger partial charge in [-0.1, -0.05) is 42.5 Å². The van der Waals surface area contributed by atoms with Gasteiger partial charge < -0.3 is 29.6 Å². The molecule has 3 rings (SSSR count). The first kappa shape index (κ1) is 23.9. The average molecular weight is 451 g/mol. The van der Waals surface area contributed by atoms with Crippen LogP contribution >= 0.6 is 0 Å². The number of ether oxygens (including phenoxy) is 4. The van der Waals surface area contributed by atoms with E-state index >= 15 is 0 Å². The normalized spacial score (nSPS) is 10.3. The molecule has 0 heterocycles. The van der Waals surface area contributed by atoms with Gasteiger partial charge in [-0.05, 0) is 43.3 Å². The lowest BCUT2D eigenvalue weighted by atomic mass is 10.2. The van der Waals surface area contributed by atoms with Crippen molar-refractivity contribution in [1.29, 1.82) is 0 Å². The Morgan fingerprint density at radius 1 is 0.697 bits per heavy atom. The van der Waals surface area contributed by atoms with Crippen LogP contribution in [0, 0.1) is 0 Å². The highest BCUT2D eigenvalue weighted by Crippen LogP contribution is 2.25. The first-order chi connectivity index (χ1) is 16.3. The fourth-order valence-corrected chi connectivity index (χ4v) is 2.99. The smallest absolute Gasteiger partial charge is 0.243 e. The van der Waals surface area contributed by atoms with Crippen LogP contribution in [0.2, 0.25) is 0 Å². The number of carbonyl (C=O) groups is 1. The van der Waals surface area contributed by atoms with Crippen molar-refractivity contribution in [3.63, 3.8) is 0 Å². The van der Waals surface area contributed by atoms with Crippen LogP contribution in [-0.2, 0) is 9.53 Å². The molecule has 7 heteroatoms. The zero-order chi connectivity index (χ0) is 23.1. The van der Waals surface area contributed by atoms with Crippen LogP contribution < -0.4 is 24.8 Å². The Morgan fingerprint density at radius 2 is 1.27 bits per heavy atom. The number of amides is 1. The van der Waals surface area contributed by atoms with Crippen LogP contribution in [0.1, 0.15) is 6.92 Å². The fourth-order valence-electron chi connectivity index (χ4n) is 2.99. The van der Waals surface area contributed by atoms with Crippen molar-refractivity contribution in [3.8, 4) is 17.2 Å². The van der Waals surface area contributed by atoms with E-state index in [9.17, 15) is 4.79 Å². The monoisotopic (exact) mass is 450 g/mol. The van der Waals surface area contributed by atoms with E-state index in [0.717, 1.165) is 11.4 Å². The van der Waals surface area contributed by atoms with Gasteiger partial charge in [0.25, 0.3) is 0 Å². The lowest BCUT2D eigenvalue weighted by Crippen LogP contribution is -2.22. The summed E-state index contributed by atoms with van der Waals surface area (Å²) in [5, 5.41) is 6.02. The first-order valence-electron chi connectivity index (χ1n) is 11.0. The molecule has 0 spiro atoms. The van der Waals surface area contributed by atoms with Gasteiger partial charge in [-0.3, -0.25) is 4.79 Å². The summed E-state index contributed by atoms with van der Waals surface area (Å²) in [6, 6.07) is 24.4. The van der Waals surface area contributed by atoms with E-state index in [-0.39, 0.29) is 12.5 Å². The van der Waals surface area contributed by atoms with E-state index < -0.39 is 0 Å². The summed E-state index contributed by atoms with van der Waals surface area (Å²) < 4.78 is 22.5. The Labute approximate surface area is 194 Å². The second kappa shape index (κ2) is 13.6. The van der Waals surface area contributed by atoms with E-state index in [1.807, 2.05) is 79.7 Å². The number of nitrogens with one attached hydrogen (secondary N) is 2. The number of hydrogen-bond acceptors (Lipinski definition) is 6.